The molecule has 152 valence electrons. The van der Waals surface area contributed by atoms with Crippen LogP contribution in [0.3, 0.4) is 0 Å². The minimum absolute atomic E-state index is 0.151. The molecule has 0 aromatic heterocycles. The van der Waals surface area contributed by atoms with Crippen molar-refractivity contribution in [1.29, 1.82) is 0 Å². The average molecular weight is 493 g/mol. The number of carboxylic acid groups (broad SMARTS) is 1. The summed E-state index contributed by atoms with van der Waals surface area (Å²) in [5.74, 6) is -0.932. The third kappa shape index (κ3) is 6.41. The van der Waals surface area contributed by atoms with Crippen molar-refractivity contribution in [2.45, 2.75) is 82.8 Å². The zero-order chi connectivity index (χ0) is 19.8. The lowest BCUT2D eigenvalue weighted by Gasteiger charge is -2.24. The van der Waals surface area contributed by atoms with E-state index in [4.69, 9.17) is 5.11 Å². The Morgan fingerprint density at radius 2 is 1.85 bits per heavy atom. The Bertz CT molecular complexity index is 565. The van der Waals surface area contributed by atoms with Crippen LogP contribution in [0.25, 0.3) is 0 Å². The van der Waals surface area contributed by atoms with Gasteiger partial charge in [0.1, 0.15) is 6.04 Å². The van der Waals surface area contributed by atoms with E-state index >= 15 is 0 Å². The monoisotopic (exact) mass is 493 g/mol. The van der Waals surface area contributed by atoms with E-state index in [2.05, 4.69) is 5.10 Å². The predicted molar refractivity (Wildman–Crippen MR) is 108 cm³/mol. The van der Waals surface area contributed by atoms with E-state index in [-0.39, 0.29) is 18.2 Å². The maximum atomic E-state index is 12.3. The molecule has 0 aromatic rings. The topological polar surface area (TPSA) is 111 Å². The number of amides is 3. The van der Waals surface area contributed by atoms with E-state index in [9.17, 15) is 19.5 Å². The molecule has 1 saturated heterocycles. The van der Waals surface area contributed by atoms with Gasteiger partial charge in [-0.1, -0.05) is 38.5 Å². The Morgan fingerprint density at radius 1 is 1.19 bits per heavy atom. The summed E-state index contributed by atoms with van der Waals surface area (Å²) in [7, 11) is 0. The van der Waals surface area contributed by atoms with Gasteiger partial charge in [-0.3, -0.25) is 9.59 Å². The molecule has 2 atom stereocenters. The molecule has 0 aromatic carbocycles. The van der Waals surface area contributed by atoms with Crippen molar-refractivity contribution < 1.29 is 24.6 Å². The first kappa shape index (κ1) is 22.1. The van der Waals surface area contributed by atoms with E-state index in [0.29, 0.717) is 19.3 Å². The molecule has 1 saturated carbocycles. The van der Waals surface area contributed by atoms with E-state index < -0.39 is 24.1 Å². The number of rotatable bonds is 10. The molecule has 3 amide bonds. The van der Waals surface area contributed by atoms with E-state index in [1.54, 1.807) is 22.9 Å². The molecule has 8 nitrogen and oxygen atoms in total. The van der Waals surface area contributed by atoms with Crippen molar-refractivity contribution in [3.63, 3.8) is 0 Å². The Balaban J connectivity index is 1.87. The zero-order valence-corrected chi connectivity index (χ0v) is 17.6. The average Bonchev–Trinajstić information content (AvgIpc) is 2.86. The van der Waals surface area contributed by atoms with Gasteiger partial charge in [-0.15, -0.1) is 0 Å². The molecular formula is C18H28IN3O5. The summed E-state index contributed by atoms with van der Waals surface area (Å²) in [5, 5.41) is 24.3. The molecule has 1 aliphatic carbocycles. The highest BCUT2D eigenvalue weighted by atomic mass is 127. The molecule has 0 bridgehead atoms. The standard InChI is InChI=1S/C18H28IN3O5/c19-21-17(26)14(10-6-1-2-7-11-16(24)25)22(18(21)27)20-12-15(23)13-8-4-3-5-9-13/h12-15,23H,1-11H2,(H,24,25). The highest BCUT2D eigenvalue weighted by Crippen LogP contribution is 2.28. The summed E-state index contributed by atoms with van der Waals surface area (Å²) < 4.78 is 1.04. The number of halogens is 1. The van der Waals surface area contributed by atoms with Crippen molar-refractivity contribution in [3.05, 3.63) is 0 Å². The molecule has 2 rings (SSSR count). The second-order valence-electron chi connectivity index (χ2n) is 7.26. The summed E-state index contributed by atoms with van der Waals surface area (Å²) in [6, 6.07) is -1.13. The number of hydrogen-bond acceptors (Lipinski definition) is 5. The van der Waals surface area contributed by atoms with Crippen molar-refractivity contribution in [1.82, 2.24) is 8.12 Å². The third-order valence-electron chi connectivity index (χ3n) is 5.23. The van der Waals surface area contributed by atoms with Crippen molar-refractivity contribution in [2.75, 3.05) is 0 Å². The molecule has 27 heavy (non-hydrogen) atoms. The third-order valence-corrected chi connectivity index (χ3v) is 6.12. The van der Waals surface area contributed by atoms with Crippen LogP contribution in [0.15, 0.2) is 5.10 Å². The minimum Gasteiger partial charge on any atom is -0.481 e. The Hall–Kier alpha value is -1.23. The molecule has 1 heterocycles. The number of carbonyl (C=O) groups is 3. The number of urea groups is 1. The van der Waals surface area contributed by atoms with Gasteiger partial charge >= 0.3 is 12.0 Å². The fourth-order valence-corrected chi connectivity index (χ4v) is 4.18. The summed E-state index contributed by atoms with van der Waals surface area (Å²) >= 11 is 1.69. The van der Waals surface area contributed by atoms with Gasteiger partial charge in [-0.2, -0.15) is 8.21 Å². The first-order valence-electron chi connectivity index (χ1n) is 9.68. The van der Waals surface area contributed by atoms with Gasteiger partial charge in [0.2, 0.25) is 0 Å². The number of nitrogens with zero attached hydrogens (tertiary/aromatic N) is 3. The SMILES string of the molecule is O=C(O)CCCCCCC1C(=O)N(I)C(=O)N1N=CC(O)C1CCCCC1. The zero-order valence-electron chi connectivity index (χ0n) is 15.4. The predicted octanol–water partition coefficient (Wildman–Crippen LogP) is 3.32. The van der Waals surface area contributed by atoms with E-state index in [1.165, 1.54) is 17.6 Å². The van der Waals surface area contributed by atoms with Gasteiger partial charge in [0.05, 0.1) is 35.2 Å². The number of imide groups is 1. The number of aliphatic hydroxyl groups is 1. The number of unbranched alkanes of at least 4 members (excludes halogenated alkanes) is 3. The van der Waals surface area contributed by atoms with Crippen LogP contribution < -0.4 is 0 Å². The molecule has 1 aliphatic heterocycles. The normalized spacial score (nSPS) is 22.8. The summed E-state index contributed by atoms with van der Waals surface area (Å²) in [6.45, 7) is 0. The van der Waals surface area contributed by atoms with Gasteiger partial charge < -0.3 is 10.2 Å². The summed E-state index contributed by atoms with van der Waals surface area (Å²) in [6.07, 6.45) is 9.54. The first-order valence-corrected chi connectivity index (χ1v) is 10.6. The van der Waals surface area contributed by atoms with Crippen LogP contribution in [0.4, 0.5) is 4.79 Å². The van der Waals surface area contributed by atoms with Crippen LogP contribution in [0, 0.1) is 5.92 Å². The highest BCUT2D eigenvalue weighted by Gasteiger charge is 2.44. The van der Waals surface area contributed by atoms with Crippen LogP contribution in [0.5, 0.6) is 0 Å². The molecule has 0 radical (unpaired) electrons. The van der Waals surface area contributed by atoms with Crippen LogP contribution in [-0.4, -0.2) is 54.6 Å². The maximum Gasteiger partial charge on any atom is 0.357 e. The maximum absolute atomic E-state index is 12.3. The second-order valence-corrected chi connectivity index (χ2v) is 8.23. The minimum atomic E-state index is -0.802. The largest absolute Gasteiger partial charge is 0.481 e. The fraction of sp³-hybridized carbons (Fsp3) is 0.778. The Labute approximate surface area is 173 Å². The summed E-state index contributed by atoms with van der Waals surface area (Å²) in [4.78, 5) is 35.1. The summed E-state index contributed by atoms with van der Waals surface area (Å²) in [5.41, 5.74) is 0. The van der Waals surface area contributed by atoms with Gasteiger partial charge in [0, 0.05) is 6.42 Å². The number of carbonyl (C=O) groups excluding carboxylic acids is 2. The highest BCUT2D eigenvalue weighted by molar-refractivity contribution is 14.1. The number of hydrazone groups is 1. The van der Waals surface area contributed by atoms with Crippen LogP contribution >= 0.6 is 22.9 Å². The van der Waals surface area contributed by atoms with Crippen LogP contribution in [0.1, 0.15) is 70.6 Å². The Morgan fingerprint density at radius 3 is 2.52 bits per heavy atom. The lowest BCUT2D eigenvalue weighted by molar-refractivity contribution is -0.137. The molecular weight excluding hydrogens is 465 g/mol. The van der Waals surface area contributed by atoms with Crippen LogP contribution in [0.2, 0.25) is 0 Å². The van der Waals surface area contributed by atoms with Gasteiger partial charge in [0.15, 0.2) is 0 Å². The molecule has 0 spiro atoms. The van der Waals surface area contributed by atoms with Crippen molar-refractivity contribution >= 4 is 47.0 Å². The van der Waals surface area contributed by atoms with E-state index in [0.717, 1.165) is 41.6 Å². The van der Waals surface area contributed by atoms with Crippen molar-refractivity contribution in [2.24, 2.45) is 11.0 Å². The first-order chi connectivity index (χ1) is 12.9. The molecule has 9 heteroatoms. The number of hydrogen-bond donors (Lipinski definition) is 2. The number of aliphatic hydroxyl groups excluding tert-OH is 1. The van der Waals surface area contributed by atoms with Gasteiger partial charge in [0.25, 0.3) is 5.91 Å². The van der Waals surface area contributed by atoms with Gasteiger partial charge in [-0.05, 0) is 31.6 Å². The Kier molecular flexibility index (Phi) is 8.94. The molecule has 2 aliphatic rings. The second kappa shape index (κ2) is 10.9. The molecule has 2 fully saturated rings. The quantitative estimate of drug-likeness (QED) is 0.160. The molecule has 2 unspecified atom stereocenters. The molecule has 2 N–H and O–H groups in total. The van der Waals surface area contributed by atoms with Gasteiger partial charge in [-0.25, -0.2) is 9.80 Å². The number of aliphatic carboxylic acids is 1. The van der Waals surface area contributed by atoms with Crippen LogP contribution in [-0.2, 0) is 9.59 Å². The van der Waals surface area contributed by atoms with Crippen molar-refractivity contribution in [3.8, 4) is 0 Å². The fourth-order valence-electron chi connectivity index (χ4n) is 3.63. The lowest BCUT2D eigenvalue weighted by Crippen LogP contribution is -2.32. The van der Waals surface area contributed by atoms with E-state index in [1.807, 2.05) is 0 Å². The lowest BCUT2D eigenvalue weighted by atomic mass is 9.86. The number of carboxylic acids is 1. The smallest absolute Gasteiger partial charge is 0.357 e.